The van der Waals surface area contributed by atoms with Gasteiger partial charge in [0, 0.05) is 0 Å². The summed E-state index contributed by atoms with van der Waals surface area (Å²) in [6, 6.07) is 4.72. The number of hydrogen-bond acceptors (Lipinski definition) is 2. The molecule has 0 radical (unpaired) electrons. The lowest BCUT2D eigenvalue weighted by molar-refractivity contribution is 0.163. The first-order valence-corrected chi connectivity index (χ1v) is 7.39. The van der Waals surface area contributed by atoms with E-state index in [-0.39, 0.29) is 0 Å². The van der Waals surface area contributed by atoms with Crippen LogP contribution in [-0.2, 0) is 19.3 Å². The van der Waals surface area contributed by atoms with E-state index in [9.17, 15) is 0 Å². The zero-order valence-corrected chi connectivity index (χ0v) is 11.3. The fraction of sp³-hybridized carbons (Fsp3) is 0.625. The van der Waals surface area contributed by atoms with Gasteiger partial charge in [0.05, 0.1) is 6.10 Å². The van der Waals surface area contributed by atoms with Crippen LogP contribution in [0.15, 0.2) is 12.1 Å². The van der Waals surface area contributed by atoms with Gasteiger partial charge in [-0.3, -0.25) is 0 Å². The van der Waals surface area contributed by atoms with Crippen LogP contribution in [0, 0.1) is 0 Å². The van der Waals surface area contributed by atoms with Crippen molar-refractivity contribution in [1.29, 1.82) is 0 Å². The Bertz CT molecular complexity index is 427. The first-order chi connectivity index (χ1) is 8.86. The Morgan fingerprint density at radius 3 is 2.67 bits per heavy atom. The maximum Gasteiger partial charge on any atom is 0.123 e. The molecule has 0 aliphatic carbocycles. The molecular formula is C16H23NO. The summed E-state index contributed by atoms with van der Waals surface area (Å²) in [6.07, 6.45) is 7.56. The molecule has 2 nitrogen and oxygen atoms in total. The summed E-state index contributed by atoms with van der Waals surface area (Å²) in [4.78, 5) is 0. The highest BCUT2D eigenvalue weighted by Crippen LogP contribution is 2.32. The molecule has 1 aromatic carbocycles. The van der Waals surface area contributed by atoms with E-state index in [1.54, 1.807) is 0 Å². The Labute approximate surface area is 110 Å². The number of ether oxygens (including phenoxy) is 1. The number of rotatable bonds is 2. The Morgan fingerprint density at radius 1 is 1.11 bits per heavy atom. The van der Waals surface area contributed by atoms with Gasteiger partial charge in [-0.25, -0.2) is 0 Å². The normalized spacial score (nSPS) is 22.6. The lowest BCUT2D eigenvalue weighted by atomic mass is 9.93. The third-order valence-electron chi connectivity index (χ3n) is 4.16. The predicted octanol–water partition coefficient (Wildman–Crippen LogP) is 2.87. The molecule has 1 N–H and O–H groups in total. The predicted molar refractivity (Wildman–Crippen MR) is 74.4 cm³/mol. The fourth-order valence-electron chi connectivity index (χ4n) is 3.14. The standard InChI is InChI=1S/C16H23NO/c1-2-3-15-5-4-14-10-12-6-8-17-9-7-13(12)11-16(14)18-15/h10-11,15,17H,2-9H2,1H3. The molecule has 1 atom stereocenters. The summed E-state index contributed by atoms with van der Waals surface area (Å²) in [5, 5.41) is 3.47. The Balaban J connectivity index is 1.86. The maximum atomic E-state index is 6.16. The van der Waals surface area contributed by atoms with Gasteiger partial charge >= 0.3 is 0 Å². The second-order valence-corrected chi connectivity index (χ2v) is 5.55. The maximum absolute atomic E-state index is 6.16. The molecule has 0 amide bonds. The molecule has 3 rings (SSSR count). The molecule has 2 aliphatic rings. The van der Waals surface area contributed by atoms with Crippen LogP contribution in [0.2, 0.25) is 0 Å². The van der Waals surface area contributed by atoms with Crippen molar-refractivity contribution in [3.05, 3.63) is 28.8 Å². The van der Waals surface area contributed by atoms with E-state index >= 15 is 0 Å². The molecule has 1 aromatic rings. The van der Waals surface area contributed by atoms with E-state index in [0.717, 1.165) is 19.5 Å². The average Bonchev–Trinajstić information content (AvgIpc) is 2.61. The Morgan fingerprint density at radius 2 is 1.89 bits per heavy atom. The fourth-order valence-corrected chi connectivity index (χ4v) is 3.14. The van der Waals surface area contributed by atoms with Crippen molar-refractivity contribution in [1.82, 2.24) is 5.32 Å². The highest BCUT2D eigenvalue weighted by molar-refractivity contribution is 5.44. The van der Waals surface area contributed by atoms with E-state index in [1.165, 1.54) is 54.5 Å². The van der Waals surface area contributed by atoms with Gasteiger partial charge in [0.1, 0.15) is 5.75 Å². The molecule has 0 bridgehead atoms. The van der Waals surface area contributed by atoms with Crippen molar-refractivity contribution in [3.63, 3.8) is 0 Å². The highest BCUT2D eigenvalue weighted by Gasteiger charge is 2.21. The van der Waals surface area contributed by atoms with E-state index in [1.807, 2.05) is 0 Å². The zero-order chi connectivity index (χ0) is 12.4. The van der Waals surface area contributed by atoms with Gasteiger partial charge < -0.3 is 10.1 Å². The van der Waals surface area contributed by atoms with Crippen molar-refractivity contribution >= 4 is 0 Å². The van der Waals surface area contributed by atoms with Crippen molar-refractivity contribution in [3.8, 4) is 5.75 Å². The van der Waals surface area contributed by atoms with Gasteiger partial charge in [-0.2, -0.15) is 0 Å². The molecular weight excluding hydrogens is 222 g/mol. The first kappa shape index (κ1) is 12.0. The minimum atomic E-state index is 0.449. The second kappa shape index (κ2) is 5.31. The van der Waals surface area contributed by atoms with Gasteiger partial charge in [0.15, 0.2) is 0 Å². The van der Waals surface area contributed by atoms with Gasteiger partial charge in [-0.1, -0.05) is 19.4 Å². The monoisotopic (exact) mass is 245 g/mol. The Kier molecular flexibility index (Phi) is 3.55. The number of nitrogens with one attached hydrogen (secondary N) is 1. The van der Waals surface area contributed by atoms with Crippen molar-refractivity contribution in [2.45, 2.75) is 51.6 Å². The Hall–Kier alpha value is -1.02. The largest absolute Gasteiger partial charge is 0.490 e. The third-order valence-corrected chi connectivity index (χ3v) is 4.16. The topological polar surface area (TPSA) is 21.3 Å². The van der Waals surface area contributed by atoms with E-state index in [4.69, 9.17) is 4.74 Å². The van der Waals surface area contributed by atoms with Crippen molar-refractivity contribution in [2.75, 3.05) is 13.1 Å². The number of aryl methyl sites for hydroxylation is 1. The van der Waals surface area contributed by atoms with Crippen LogP contribution >= 0.6 is 0 Å². The molecule has 2 heteroatoms. The minimum absolute atomic E-state index is 0.449. The van der Waals surface area contributed by atoms with Crippen LogP contribution in [0.4, 0.5) is 0 Å². The van der Waals surface area contributed by atoms with Crippen LogP contribution in [0.1, 0.15) is 42.9 Å². The molecule has 98 valence electrons. The number of benzene rings is 1. The van der Waals surface area contributed by atoms with Crippen LogP contribution in [0.5, 0.6) is 5.75 Å². The smallest absolute Gasteiger partial charge is 0.123 e. The lowest BCUT2D eigenvalue weighted by Crippen LogP contribution is -2.22. The first-order valence-electron chi connectivity index (χ1n) is 7.39. The summed E-state index contributed by atoms with van der Waals surface area (Å²) in [6.45, 7) is 4.46. The molecule has 18 heavy (non-hydrogen) atoms. The van der Waals surface area contributed by atoms with Gasteiger partial charge in [0.25, 0.3) is 0 Å². The SMILES string of the molecule is CCCC1CCc2cc3c(cc2O1)CCNCC3. The quantitative estimate of drug-likeness (QED) is 0.865. The summed E-state index contributed by atoms with van der Waals surface area (Å²) in [5.74, 6) is 1.17. The summed E-state index contributed by atoms with van der Waals surface area (Å²) >= 11 is 0. The molecule has 2 aliphatic heterocycles. The summed E-state index contributed by atoms with van der Waals surface area (Å²) < 4.78 is 6.16. The van der Waals surface area contributed by atoms with Crippen LogP contribution in [-0.4, -0.2) is 19.2 Å². The van der Waals surface area contributed by atoms with E-state index in [2.05, 4.69) is 24.4 Å². The zero-order valence-electron chi connectivity index (χ0n) is 11.3. The molecule has 0 saturated carbocycles. The summed E-state index contributed by atoms with van der Waals surface area (Å²) in [5.41, 5.74) is 4.47. The van der Waals surface area contributed by atoms with Crippen molar-refractivity contribution < 1.29 is 4.74 Å². The molecule has 0 saturated heterocycles. The van der Waals surface area contributed by atoms with Crippen LogP contribution < -0.4 is 10.1 Å². The molecule has 2 heterocycles. The lowest BCUT2D eigenvalue weighted by Gasteiger charge is -2.27. The average molecular weight is 245 g/mol. The number of fused-ring (bicyclic) bond motifs is 2. The molecule has 0 fully saturated rings. The number of hydrogen-bond donors (Lipinski definition) is 1. The molecule has 1 unspecified atom stereocenters. The molecule has 0 spiro atoms. The van der Waals surface area contributed by atoms with Gasteiger partial charge in [-0.05, 0) is 68.0 Å². The van der Waals surface area contributed by atoms with E-state index < -0.39 is 0 Å². The van der Waals surface area contributed by atoms with Crippen molar-refractivity contribution in [2.24, 2.45) is 0 Å². The van der Waals surface area contributed by atoms with Gasteiger partial charge in [-0.15, -0.1) is 0 Å². The highest BCUT2D eigenvalue weighted by atomic mass is 16.5. The summed E-state index contributed by atoms with van der Waals surface area (Å²) in [7, 11) is 0. The van der Waals surface area contributed by atoms with Crippen LogP contribution in [0.3, 0.4) is 0 Å². The minimum Gasteiger partial charge on any atom is -0.490 e. The van der Waals surface area contributed by atoms with Gasteiger partial charge in [0.2, 0.25) is 0 Å². The third kappa shape index (κ3) is 2.39. The molecule has 0 aromatic heterocycles. The van der Waals surface area contributed by atoms with Crippen LogP contribution in [0.25, 0.3) is 0 Å². The van der Waals surface area contributed by atoms with E-state index in [0.29, 0.717) is 6.10 Å². The second-order valence-electron chi connectivity index (χ2n) is 5.55.